The Morgan fingerprint density at radius 2 is 1.89 bits per heavy atom. The van der Waals surface area contributed by atoms with Gasteiger partial charge < -0.3 is 19.9 Å². The number of hydrogen-bond acceptors (Lipinski definition) is 8. The molecule has 5 rings (SSSR count). The van der Waals surface area contributed by atoms with Crippen LogP contribution in [0.1, 0.15) is 48.2 Å². The number of carbonyl (C=O) groups excluding carboxylic acids is 1. The maximum absolute atomic E-state index is 14.1. The van der Waals surface area contributed by atoms with Gasteiger partial charge in [0.15, 0.2) is 5.69 Å². The lowest BCUT2D eigenvalue weighted by atomic mass is 10.1. The second-order valence-electron chi connectivity index (χ2n) is 10.9. The van der Waals surface area contributed by atoms with Crippen molar-refractivity contribution in [2.45, 2.75) is 43.9 Å². The van der Waals surface area contributed by atoms with E-state index < -0.39 is 21.8 Å². The molecule has 1 amide bonds. The fourth-order valence-electron chi connectivity index (χ4n) is 5.41. The van der Waals surface area contributed by atoms with Gasteiger partial charge in [0, 0.05) is 36.8 Å². The van der Waals surface area contributed by atoms with Crippen molar-refractivity contribution in [1.82, 2.24) is 19.4 Å². The number of carboxylic acid groups (broad SMARTS) is 1. The van der Waals surface area contributed by atoms with Crippen LogP contribution in [0, 0.1) is 18.7 Å². The van der Waals surface area contributed by atoms with Crippen molar-refractivity contribution in [2.75, 3.05) is 44.7 Å². The maximum Gasteiger partial charge on any atom is 0.356 e. The predicted molar refractivity (Wildman–Crippen MR) is 159 cm³/mol. The van der Waals surface area contributed by atoms with Crippen molar-refractivity contribution in [2.24, 2.45) is 5.92 Å². The Bertz CT molecular complexity index is 1620. The molecule has 12 nitrogen and oxygen atoms in total. The molecule has 1 aliphatic carbocycles. The summed E-state index contributed by atoms with van der Waals surface area (Å²) in [5.41, 5.74) is 0.240. The molecule has 0 spiro atoms. The van der Waals surface area contributed by atoms with Crippen LogP contribution in [-0.4, -0.2) is 79.5 Å². The Morgan fingerprint density at radius 1 is 1.14 bits per heavy atom. The van der Waals surface area contributed by atoms with Gasteiger partial charge in [-0.15, -0.1) is 0 Å². The Labute approximate surface area is 255 Å². The van der Waals surface area contributed by atoms with E-state index in [4.69, 9.17) is 9.47 Å². The van der Waals surface area contributed by atoms with Crippen LogP contribution in [0.5, 0.6) is 11.6 Å². The van der Waals surface area contributed by atoms with Gasteiger partial charge in [-0.2, -0.15) is 9.78 Å². The van der Waals surface area contributed by atoms with Crippen LogP contribution in [0.25, 0.3) is 5.69 Å². The van der Waals surface area contributed by atoms with Crippen molar-refractivity contribution in [1.29, 1.82) is 0 Å². The number of morpholine rings is 1. The fourth-order valence-corrected chi connectivity index (χ4v) is 6.64. The predicted octanol–water partition coefficient (Wildman–Crippen LogP) is 3.94. The van der Waals surface area contributed by atoms with Gasteiger partial charge in [-0.1, -0.05) is 18.9 Å². The summed E-state index contributed by atoms with van der Waals surface area (Å²) in [7, 11) is -4.17. The summed E-state index contributed by atoms with van der Waals surface area (Å²) >= 11 is 0. The highest BCUT2D eigenvalue weighted by molar-refractivity contribution is 7.89. The zero-order valence-corrected chi connectivity index (χ0v) is 25.2. The standard InChI is InChI=1S/C30H36FN5O7S/c1-20-27(30(38)39)34-36(24-9-4-8-22(31)18-24)29(20)43-25-11-10-23(33-28(37)21-6-2-3-7-21)19-26(25)44(40,41)32-12-5-13-35-14-16-42-17-15-35/h4,8-11,18-19,21,32H,2-3,5-7,12-17H2,1H3,(H,33,37)(H,38,39). The Hall–Kier alpha value is -3.85. The number of carbonyl (C=O) groups is 2. The molecule has 1 saturated carbocycles. The van der Waals surface area contributed by atoms with Crippen LogP contribution >= 0.6 is 0 Å². The van der Waals surface area contributed by atoms with Crippen molar-refractivity contribution in [3.05, 3.63) is 59.5 Å². The van der Waals surface area contributed by atoms with Crippen molar-refractivity contribution < 1.29 is 37.0 Å². The van der Waals surface area contributed by atoms with Crippen LogP contribution in [0.3, 0.4) is 0 Å². The minimum absolute atomic E-state index is 0.0977. The smallest absolute Gasteiger partial charge is 0.356 e. The first-order chi connectivity index (χ1) is 21.1. The molecule has 3 aromatic rings. The highest BCUT2D eigenvalue weighted by atomic mass is 32.2. The second-order valence-corrected chi connectivity index (χ2v) is 12.7. The molecule has 0 atom stereocenters. The monoisotopic (exact) mass is 629 g/mol. The summed E-state index contributed by atoms with van der Waals surface area (Å²) in [5.74, 6) is -2.44. The summed E-state index contributed by atoms with van der Waals surface area (Å²) in [6.45, 7) is 5.16. The van der Waals surface area contributed by atoms with E-state index in [9.17, 15) is 27.5 Å². The first kappa shape index (κ1) is 31.6. The van der Waals surface area contributed by atoms with E-state index >= 15 is 0 Å². The van der Waals surface area contributed by atoms with Gasteiger partial charge in [-0.3, -0.25) is 9.69 Å². The molecular weight excluding hydrogens is 593 g/mol. The molecular formula is C30H36FN5O7S. The number of ether oxygens (including phenoxy) is 2. The van der Waals surface area contributed by atoms with Gasteiger partial charge in [-0.25, -0.2) is 22.3 Å². The van der Waals surface area contributed by atoms with Crippen molar-refractivity contribution in [3.63, 3.8) is 0 Å². The SMILES string of the molecule is Cc1c(C(=O)O)nn(-c2cccc(F)c2)c1Oc1ccc(NC(=O)C2CCCC2)cc1S(=O)(=O)NCCCN1CCOCC1. The van der Waals surface area contributed by atoms with E-state index in [1.807, 2.05) is 0 Å². The second kappa shape index (κ2) is 13.8. The highest BCUT2D eigenvalue weighted by Crippen LogP contribution is 2.36. The molecule has 0 unspecified atom stereocenters. The van der Waals surface area contributed by atoms with E-state index in [-0.39, 0.29) is 57.5 Å². The first-order valence-electron chi connectivity index (χ1n) is 14.6. The number of benzene rings is 2. The number of aromatic carboxylic acids is 1. The van der Waals surface area contributed by atoms with Crippen LogP contribution < -0.4 is 14.8 Å². The summed E-state index contributed by atoms with van der Waals surface area (Å²) in [5, 5.41) is 16.7. The average molecular weight is 630 g/mol. The molecule has 236 valence electrons. The molecule has 44 heavy (non-hydrogen) atoms. The number of amides is 1. The topological polar surface area (TPSA) is 152 Å². The number of anilines is 1. The lowest BCUT2D eigenvalue weighted by Gasteiger charge is -2.26. The van der Waals surface area contributed by atoms with Gasteiger partial charge in [0.25, 0.3) is 0 Å². The number of carboxylic acids is 1. The Morgan fingerprint density at radius 3 is 2.59 bits per heavy atom. The third kappa shape index (κ3) is 7.44. The summed E-state index contributed by atoms with van der Waals surface area (Å²) in [4.78, 5) is 26.7. The highest BCUT2D eigenvalue weighted by Gasteiger charge is 2.28. The molecule has 14 heteroatoms. The van der Waals surface area contributed by atoms with E-state index in [1.165, 1.54) is 43.3 Å². The Balaban J connectivity index is 1.46. The van der Waals surface area contributed by atoms with Crippen LogP contribution in [0.4, 0.5) is 10.1 Å². The van der Waals surface area contributed by atoms with Crippen LogP contribution in [0.15, 0.2) is 47.4 Å². The lowest BCUT2D eigenvalue weighted by molar-refractivity contribution is -0.119. The molecule has 0 bridgehead atoms. The lowest BCUT2D eigenvalue weighted by Crippen LogP contribution is -2.38. The molecule has 3 N–H and O–H groups in total. The number of nitrogens with zero attached hydrogens (tertiary/aromatic N) is 3. The van der Waals surface area contributed by atoms with Gasteiger partial charge >= 0.3 is 5.97 Å². The Kier molecular flexibility index (Phi) is 9.93. The zero-order valence-electron chi connectivity index (χ0n) is 24.4. The molecule has 1 saturated heterocycles. The molecule has 2 aromatic carbocycles. The van der Waals surface area contributed by atoms with Crippen molar-refractivity contribution >= 4 is 27.6 Å². The third-order valence-corrected chi connectivity index (χ3v) is 9.29. The van der Waals surface area contributed by atoms with E-state index in [2.05, 4.69) is 20.0 Å². The van der Waals surface area contributed by atoms with Gasteiger partial charge in [0.2, 0.25) is 21.8 Å². The average Bonchev–Trinajstić information content (AvgIpc) is 3.66. The maximum atomic E-state index is 14.1. The molecule has 0 radical (unpaired) electrons. The van der Waals surface area contributed by atoms with E-state index in [1.54, 1.807) is 0 Å². The largest absolute Gasteiger partial charge is 0.476 e. The fraction of sp³-hybridized carbons (Fsp3) is 0.433. The van der Waals surface area contributed by atoms with Crippen molar-refractivity contribution in [3.8, 4) is 17.3 Å². The number of rotatable bonds is 12. The van der Waals surface area contributed by atoms with Crippen LogP contribution in [0.2, 0.25) is 0 Å². The molecule has 2 fully saturated rings. The molecule has 1 aromatic heterocycles. The van der Waals surface area contributed by atoms with Crippen LogP contribution in [-0.2, 0) is 19.6 Å². The van der Waals surface area contributed by atoms with Gasteiger partial charge in [0.1, 0.15) is 16.5 Å². The third-order valence-electron chi connectivity index (χ3n) is 7.80. The first-order valence-corrected chi connectivity index (χ1v) is 16.1. The summed E-state index contributed by atoms with van der Waals surface area (Å²) < 4.78 is 56.7. The molecule has 2 heterocycles. The normalized spacial score (nSPS) is 16.2. The zero-order chi connectivity index (χ0) is 31.3. The van der Waals surface area contributed by atoms with E-state index in [0.29, 0.717) is 26.2 Å². The summed E-state index contributed by atoms with van der Waals surface area (Å²) in [6.07, 6.45) is 4.04. The minimum Gasteiger partial charge on any atom is -0.476 e. The minimum atomic E-state index is -4.17. The number of nitrogens with one attached hydrogen (secondary N) is 2. The van der Waals surface area contributed by atoms with Gasteiger partial charge in [-0.05, 0) is 69.1 Å². The number of hydrogen-bond donors (Lipinski definition) is 3. The molecule has 1 aliphatic heterocycles. The quantitative estimate of drug-likeness (QED) is 0.253. The molecule has 2 aliphatic rings. The summed E-state index contributed by atoms with van der Waals surface area (Å²) in [6, 6.07) is 9.58. The number of halogens is 1. The van der Waals surface area contributed by atoms with E-state index in [0.717, 1.165) is 49.5 Å². The number of aromatic nitrogens is 2. The van der Waals surface area contributed by atoms with Gasteiger partial charge in [0.05, 0.1) is 18.9 Å². The number of sulfonamides is 1.